The molecule has 0 radical (unpaired) electrons. The zero-order valence-corrected chi connectivity index (χ0v) is 27.0. The average molecular weight is 555 g/mol. The Morgan fingerprint density at radius 1 is 0.341 bits per heavy atom. The first-order chi connectivity index (χ1) is 20.0. The molecule has 1 aliphatic heterocycles. The molecule has 0 nitrogen and oxygen atoms in total. The van der Waals surface area contributed by atoms with Gasteiger partial charge in [-0.1, -0.05) is 151 Å². The Morgan fingerprint density at radius 3 is 0.805 bits per heavy atom. The van der Waals surface area contributed by atoms with Gasteiger partial charge in [0.15, 0.2) is 0 Å². The Morgan fingerprint density at radius 2 is 0.585 bits per heavy atom. The van der Waals surface area contributed by atoms with E-state index in [9.17, 15) is 0 Å². The molecule has 0 saturated heterocycles. The molecule has 0 saturated carbocycles. The smallest absolute Gasteiger partial charge is 0.0672 e. The van der Waals surface area contributed by atoms with E-state index in [0.717, 1.165) is 25.7 Å². The molecule has 1 heterocycles. The molecular formula is C40H46Si. The van der Waals surface area contributed by atoms with Crippen molar-refractivity contribution in [2.24, 2.45) is 0 Å². The van der Waals surface area contributed by atoms with Crippen molar-refractivity contribution in [3.63, 3.8) is 0 Å². The van der Waals surface area contributed by atoms with E-state index in [1.54, 1.807) is 10.4 Å². The lowest BCUT2D eigenvalue weighted by molar-refractivity contribution is 1.14. The van der Waals surface area contributed by atoms with Gasteiger partial charge in [0.25, 0.3) is 0 Å². The summed E-state index contributed by atoms with van der Waals surface area (Å²) in [5, 5.41) is 3.25. The zero-order chi connectivity index (χ0) is 29.0. The fourth-order valence-electron chi connectivity index (χ4n) is 6.86. The first-order valence-electron chi connectivity index (χ1n) is 15.9. The van der Waals surface area contributed by atoms with E-state index >= 15 is 0 Å². The summed E-state index contributed by atoms with van der Waals surface area (Å²) in [6, 6.07) is 40.4. The zero-order valence-electron chi connectivity index (χ0n) is 26.0. The van der Waals surface area contributed by atoms with Gasteiger partial charge in [0.1, 0.15) is 8.07 Å². The van der Waals surface area contributed by atoms with E-state index in [1.165, 1.54) is 67.7 Å². The maximum atomic E-state index is 2.46. The molecule has 0 fully saturated rings. The van der Waals surface area contributed by atoms with Crippen LogP contribution >= 0.6 is 0 Å². The third-order valence-corrected chi connectivity index (χ3v) is 14.9. The highest BCUT2D eigenvalue weighted by atomic mass is 28.3. The Hall–Kier alpha value is -3.42. The highest BCUT2D eigenvalue weighted by Gasteiger charge is 2.48. The lowest BCUT2D eigenvalue weighted by Gasteiger charge is -2.33. The molecule has 41 heavy (non-hydrogen) atoms. The van der Waals surface area contributed by atoms with E-state index in [-0.39, 0.29) is 0 Å². The van der Waals surface area contributed by atoms with Gasteiger partial charge in [-0.15, -0.1) is 0 Å². The minimum Gasteiger partial charge on any atom is -0.0672 e. The van der Waals surface area contributed by atoms with Gasteiger partial charge in [0, 0.05) is 0 Å². The molecule has 0 aromatic heterocycles. The first kappa shape index (κ1) is 29.1. The van der Waals surface area contributed by atoms with Crippen LogP contribution in [0.2, 0.25) is 12.1 Å². The normalized spacial score (nSPS) is 14.7. The van der Waals surface area contributed by atoms with E-state index in [2.05, 4.69) is 139 Å². The summed E-state index contributed by atoms with van der Waals surface area (Å²) in [4.78, 5) is 0. The second-order valence-electron chi connectivity index (χ2n) is 11.5. The summed E-state index contributed by atoms with van der Waals surface area (Å²) in [7, 11) is -2.15. The van der Waals surface area contributed by atoms with Gasteiger partial charge in [-0.25, -0.2) is 0 Å². The van der Waals surface area contributed by atoms with E-state index in [4.69, 9.17) is 0 Å². The lowest BCUT2D eigenvalue weighted by atomic mass is 9.88. The van der Waals surface area contributed by atoms with E-state index < -0.39 is 8.07 Å². The van der Waals surface area contributed by atoms with Crippen LogP contribution in [0.3, 0.4) is 0 Å². The molecule has 0 atom stereocenters. The van der Waals surface area contributed by atoms with Gasteiger partial charge >= 0.3 is 0 Å². The monoisotopic (exact) mass is 554 g/mol. The van der Waals surface area contributed by atoms with Gasteiger partial charge in [0.2, 0.25) is 0 Å². The van der Waals surface area contributed by atoms with E-state index in [0.29, 0.717) is 0 Å². The molecule has 0 unspecified atom stereocenters. The van der Waals surface area contributed by atoms with Crippen molar-refractivity contribution in [3.05, 3.63) is 142 Å². The largest absolute Gasteiger partial charge is 0.120 e. The van der Waals surface area contributed by atoms with Gasteiger partial charge in [-0.3, -0.25) is 0 Å². The molecule has 0 spiro atoms. The molecule has 4 aromatic carbocycles. The van der Waals surface area contributed by atoms with Crippen molar-refractivity contribution >= 4 is 29.6 Å². The fraction of sp³-hybridized carbons (Fsp3) is 0.300. The van der Waals surface area contributed by atoms with Crippen molar-refractivity contribution < 1.29 is 0 Å². The van der Waals surface area contributed by atoms with Gasteiger partial charge in [-0.05, 0) is 91.7 Å². The summed E-state index contributed by atoms with van der Waals surface area (Å²) in [5.74, 6) is 0. The number of benzene rings is 4. The van der Waals surface area contributed by atoms with Crippen LogP contribution in [0, 0.1) is 0 Å². The Bertz CT molecular complexity index is 1410. The maximum Gasteiger partial charge on any atom is 0.120 e. The predicted molar refractivity (Wildman–Crippen MR) is 184 cm³/mol. The Labute approximate surface area is 249 Å². The number of aryl methyl sites for hydroxylation is 4. The van der Waals surface area contributed by atoms with Crippen LogP contribution in [-0.4, -0.2) is 8.07 Å². The molecule has 0 bridgehead atoms. The van der Waals surface area contributed by atoms with Gasteiger partial charge in [-0.2, -0.15) is 0 Å². The minimum absolute atomic E-state index is 1.06. The molecule has 210 valence electrons. The standard InChI is InChI=1S/C40H46Si/c1-7-29-13-21-33(22-14-29)37-38(34-23-15-30(8-2)16-24-34)40(36-27-19-32(10-4)20-28-36)41(11-5,12-6)39(37)35-25-17-31(9-3)18-26-35/h13-28H,7-12H2,1-6H3. The number of hydrogen-bond acceptors (Lipinski definition) is 0. The maximum absolute atomic E-state index is 2.46. The van der Waals surface area contributed by atoms with Crippen molar-refractivity contribution in [1.82, 2.24) is 0 Å². The SMILES string of the molecule is CCc1ccc(C2=C(c3ccc(CC)cc3)[Si](CC)(CC)C(c3ccc(CC)cc3)=C2c2ccc(CC)cc2)cc1. The summed E-state index contributed by atoms with van der Waals surface area (Å²) in [6.07, 6.45) is 4.25. The number of rotatable bonds is 10. The first-order valence-corrected chi connectivity index (χ1v) is 18.3. The van der Waals surface area contributed by atoms with Crippen molar-refractivity contribution in [3.8, 4) is 0 Å². The van der Waals surface area contributed by atoms with Crippen LogP contribution < -0.4 is 0 Å². The highest BCUT2D eigenvalue weighted by molar-refractivity contribution is 7.14. The molecule has 1 aliphatic rings. The van der Waals surface area contributed by atoms with Crippen LogP contribution in [0.25, 0.3) is 21.5 Å². The second kappa shape index (κ2) is 12.6. The summed E-state index contributed by atoms with van der Waals surface area (Å²) >= 11 is 0. The van der Waals surface area contributed by atoms with Crippen LogP contribution in [0.15, 0.2) is 97.1 Å². The molecule has 4 aromatic rings. The van der Waals surface area contributed by atoms with Crippen LogP contribution in [0.1, 0.15) is 86.1 Å². The van der Waals surface area contributed by atoms with Crippen molar-refractivity contribution in [2.45, 2.75) is 79.3 Å². The second-order valence-corrected chi connectivity index (χ2v) is 16.1. The van der Waals surface area contributed by atoms with Crippen molar-refractivity contribution in [1.29, 1.82) is 0 Å². The summed E-state index contributed by atoms with van der Waals surface area (Å²) in [6.45, 7) is 13.9. The van der Waals surface area contributed by atoms with Crippen LogP contribution in [0.5, 0.6) is 0 Å². The number of allylic oxidation sites excluding steroid dienone is 2. The molecule has 0 aliphatic carbocycles. The van der Waals surface area contributed by atoms with Gasteiger partial charge < -0.3 is 0 Å². The fourth-order valence-corrected chi connectivity index (χ4v) is 12.0. The molecular weight excluding hydrogens is 509 g/mol. The lowest BCUT2D eigenvalue weighted by Crippen LogP contribution is -2.35. The molecule has 5 rings (SSSR count). The quantitative estimate of drug-likeness (QED) is 0.171. The number of hydrogen-bond donors (Lipinski definition) is 0. The van der Waals surface area contributed by atoms with Gasteiger partial charge in [0.05, 0.1) is 0 Å². The third-order valence-electron chi connectivity index (χ3n) is 9.52. The topological polar surface area (TPSA) is 0 Å². The molecule has 0 amide bonds. The predicted octanol–water partition coefficient (Wildman–Crippen LogP) is 11.0. The molecule has 0 N–H and O–H groups in total. The third kappa shape index (κ3) is 5.33. The Balaban J connectivity index is 1.91. The van der Waals surface area contributed by atoms with Crippen molar-refractivity contribution in [2.75, 3.05) is 0 Å². The molecule has 1 heteroatoms. The summed E-state index contributed by atoms with van der Waals surface area (Å²) in [5.41, 5.74) is 14.0. The average Bonchev–Trinajstić information content (AvgIpc) is 3.36. The highest BCUT2D eigenvalue weighted by Crippen LogP contribution is 2.58. The van der Waals surface area contributed by atoms with Crippen LogP contribution in [-0.2, 0) is 25.7 Å². The van der Waals surface area contributed by atoms with E-state index in [1.807, 2.05) is 0 Å². The Kier molecular flexibility index (Phi) is 8.95. The van der Waals surface area contributed by atoms with Crippen LogP contribution in [0.4, 0.5) is 0 Å². The minimum atomic E-state index is -2.15. The summed E-state index contributed by atoms with van der Waals surface area (Å²) < 4.78 is 0.